The molecule has 0 saturated heterocycles. The van der Waals surface area contributed by atoms with Gasteiger partial charge in [-0.2, -0.15) is 0 Å². The fraction of sp³-hybridized carbons (Fsp3) is 0.647. The van der Waals surface area contributed by atoms with Gasteiger partial charge in [0.1, 0.15) is 5.75 Å². The van der Waals surface area contributed by atoms with Crippen LogP contribution in [0.2, 0.25) is 0 Å². The molecule has 0 aromatic heterocycles. The molecule has 20 heavy (non-hydrogen) atoms. The minimum Gasteiger partial charge on any atom is -0.496 e. The van der Waals surface area contributed by atoms with Crippen molar-refractivity contribution >= 4 is 0 Å². The van der Waals surface area contributed by atoms with Gasteiger partial charge in [0.05, 0.1) is 21.3 Å². The molecule has 0 bridgehead atoms. The summed E-state index contributed by atoms with van der Waals surface area (Å²) in [5.41, 5.74) is 1.57. The van der Waals surface area contributed by atoms with E-state index in [4.69, 9.17) is 14.2 Å². The fourth-order valence-electron chi connectivity index (χ4n) is 3.46. The maximum absolute atomic E-state index is 5.62. The Balaban J connectivity index is 2.61. The number of rotatable bonds is 4. The topological polar surface area (TPSA) is 27.7 Å². The first kappa shape index (κ1) is 15.0. The van der Waals surface area contributed by atoms with E-state index in [1.807, 2.05) is 6.07 Å². The van der Waals surface area contributed by atoms with E-state index in [0.717, 1.165) is 11.5 Å². The van der Waals surface area contributed by atoms with Crippen molar-refractivity contribution in [3.63, 3.8) is 0 Å². The first-order valence-electron chi connectivity index (χ1n) is 7.20. The van der Waals surface area contributed by atoms with Crippen LogP contribution in [0.25, 0.3) is 0 Å². The highest BCUT2D eigenvalue weighted by molar-refractivity contribution is 5.54. The van der Waals surface area contributed by atoms with Gasteiger partial charge in [-0.15, -0.1) is 0 Å². The maximum Gasteiger partial charge on any atom is 0.164 e. The summed E-state index contributed by atoms with van der Waals surface area (Å²) in [5.74, 6) is 2.37. The van der Waals surface area contributed by atoms with Crippen LogP contribution in [0, 0.1) is 5.41 Å². The molecule has 1 aliphatic carbocycles. The summed E-state index contributed by atoms with van der Waals surface area (Å²) in [6.45, 7) is 7.02. The molecule has 1 saturated carbocycles. The number of hydrogen-bond donors (Lipinski definition) is 0. The number of ether oxygens (including phenoxy) is 3. The maximum atomic E-state index is 5.62. The van der Waals surface area contributed by atoms with Crippen molar-refractivity contribution in [3.8, 4) is 17.2 Å². The first-order valence-corrected chi connectivity index (χ1v) is 7.20. The fourth-order valence-corrected chi connectivity index (χ4v) is 3.46. The second-order valence-electron chi connectivity index (χ2n) is 6.48. The highest BCUT2D eigenvalue weighted by Gasteiger charge is 2.47. The molecule has 112 valence electrons. The molecule has 1 atom stereocenters. The van der Waals surface area contributed by atoms with Gasteiger partial charge in [-0.1, -0.05) is 27.2 Å². The molecular formula is C17H26O3. The molecule has 3 nitrogen and oxygen atoms in total. The van der Waals surface area contributed by atoms with E-state index in [2.05, 4.69) is 26.8 Å². The predicted molar refractivity (Wildman–Crippen MR) is 81.1 cm³/mol. The minimum atomic E-state index is 0.0951. The zero-order valence-electron chi connectivity index (χ0n) is 13.5. The van der Waals surface area contributed by atoms with Crippen LogP contribution in [0.3, 0.4) is 0 Å². The molecular weight excluding hydrogens is 252 g/mol. The molecule has 0 radical (unpaired) electrons. The minimum absolute atomic E-state index is 0.0951. The molecule has 3 heteroatoms. The zero-order valence-corrected chi connectivity index (χ0v) is 13.5. The van der Waals surface area contributed by atoms with E-state index >= 15 is 0 Å². The molecule has 0 heterocycles. The van der Waals surface area contributed by atoms with Crippen molar-refractivity contribution in [3.05, 3.63) is 17.7 Å². The molecule has 0 N–H and O–H groups in total. The van der Waals surface area contributed by atoms with E-state index in [1.165, 1.54) is 24.8 Å². The molecule has 0 amide bonds. The van der Waals surface area contributed by atoms with Crippen LogP contribution in [0.5, 0.6) is 17.2 Å². The van der Waals surface area contributed by atoms with Gasteiger partial charge in [0.15, 0.2) is 11.5 Å². The smallest absolute Gasteiger partial charge is 0.164 e. The second kappa shape index (κ2) is 5.19. The highest BCUT2D eigenvalue weighted by Crippen LogP contribution is 2.57. The van der Waals surface area contributed by atoms with Crippen molar-refractivity contribution in [2.75, 3.05) is 21.3 Å². The molecule has 0 aliphatic heterocycles. The normalized spacial score (nSPS) is 24.5. The van der Waals surface area contributed by atoms with Crippen LogP contribution >= 0.6 is 0 Å². The summed E-state index contributed by atoms with van der Waals surface area (Å²) in [7, 11) is 5.05. The molecule has 2 rings (SSSR count). The highest BCUT2D eigenvalue weighted by atomic mass is 16.5. The number of methoxy groups -OCH3 is 3. The summed E-state index contributed by atoms with van der Waals surface area (Å²) in [6.07, 6.45) is 3.66. The lowest BCUT2D eigenvalue weighted by Crippen LogP contribution is -2.34. The van der Waals surface area contributed by atoms with Crippen molar-refractivity contribution < 1.29 is 14.2 Å². The third-order valence-electron chi connectivity index (χ3n) is 5.27. The lowest BCUT2D eigenvalue weighted by molar-refractivity contribution is 0.217. The van der Waals surface area contributed by atoms with Crippen LogP contribution in [-0.4, -0.2) is 21.3 Å². The van der Waals surface area contributed by atoms with Gasteiger partial charge in [0.25, 0.3) is 0 Å². The number of hydrogen-bond acceptors (Lipinski definition) is 3. The first-order chi connectivity index (χ1) is 9.39. The Kier molecular flexibility index (Phi) is 3.90. The van der Waals surface area contributed by atoms with Crippen molar-refractivity contribution in [1.29, 1.82) is 0 Å². The van der Waals surface area contributed by atoms with Gasteiger partial charge in [-0.3, -0.25) is 0 Å². The van der Waals surface area contributed by atoms with Gasteiger partial charge < -0.3 is 14.2 Å². The Hall–Kier alpha value is -1.38. The molecule has 0 spiro atoms. The monoisotopic (exact) mass is 278 g/mol. The van der Waals surface area contributed by atoms with E-state index in [0.29, 0.717) is 5.75 Å². The lowest BCUT2D eigenvalue weighted by Gasteiger charge is -2.40. The molecule has 1 aromatic rings. The third-order valence-corrected chi connectivity index (χ3v) is 5.27. The second-order valence-corrected chi connectivity index (χ2v) is 6.48. The van der Waals surface area contributed by atoms with Crippen LogP contribution < -0.4 is 14.2 Å². The average molecular weight is 278 g/mol. The summed E-state index contributed by atoms with van der Waals surface area (Å²) < 4.78 is 16.5. The van der Waals surface area contributed by atoms with Crippen LogP contribution in [0.4, 0.5) is 0 Å². The van der Waals surface area contributed by atoms with E-state index < -0.39 is 0 Å². The lowest BCUT2D eigenvalue weighted by atomic mass is 9.65. The Bertz CT molecular complexity index is 493. The molecule has 1 aromatic carbocycles. The summed E-state index contributed by atoms with van der Waals surface area (Å²) in [4.78, 5) is 0. The van der Waals surface area contributed by atoms with E-state index in [9.17, 15) is 0 Å². The van der Waals surface area contributed by atoms with Crippen LogP contribution in [0.15, 0.2) is 12.1 Å². The SMILES string of the molecule is COc1cc(OC)c([C@]2(C)CCCC2(C)C)cc1OC. The Labute approximate surface area is 122 Å². The van der Waals surface area contributed by atoms with Crippen LogP contribution in [0.1, 0.15) is 45.6 Å². The predicted octanol–water partition coefficient (Wildman–Crippen LogP) is 4.18. The largest absolute Gasteiger partial charge is 0.496 e. The quantitative estimate of drug-likeness (QED) is 0.827. The Morgan fingerprint density at radius 1 is 0.800 bits per heavy atom. The van der Waals surface area contributed by atoms with Crippen molar-refractivity contribution in [2.24, 2.45) is 5.41 Å². The molecule has 1 aliphatic rings. The van der Waals surface area contributed by atoms with Gasteiger partial charge in [0.2, 0.25) is 0 Å². The molecule has 0 unspecified atom stereocenters. The van der Waals surface area contributed by atoms with Gasteiger partial charge in [-0.05, 0) is 24.3 Å². The van der Waals surface area contributed by atoms with E-state index in [1.54, 1.807) is 21.3 Å². The zero-order chi connectivity index (χ0) is 15.0. The summed E-state index contributed by atoms with van der Waals surface area (Å²) in [6, 6.07) is 4.03. The van der Waals surface area contributed by atoms with E-state index in [-0.39, 0.29) is 10.8 Å². The van der Waals surface area contributed by atoms with Crippen molar-refractivity contribution in [2.45, 2.75) is 45.4 Å². The number of benzene rings is 1. The Morgan fingerprint density at radius 2 is 1.35 bits per heavy atom. The summed E-state index contributed by atoms with van der Waals surface area (Å²) >= 11 is 0. The van der Waals surface area contributed by atoms with Crippen LogP contribution in [-0.2, 0) is 5.41 Å². The third kappa shape index (κ3) is 2.13. The van der Waals surface area contributed by atoms with Gasteiger partial charge in [0, 0.05) is 17.0 Å². The molecule has 1 fully saturated rings. The summed E-state index contributed by atoms with van der Waals surface area (Å²) in [5, 5.41) is 0. The van der Waals surface area contributed by atoms with Crippen molar-refractivity contribution in [1.82, 2.24) is 0 Å². The van der Waals surface area contributed by atoms with Gasteiger partial charge in [-0.25, -0.2) is 0 Å². The Morgan fingerprint density at radius 3 is 1.80 bits per heavy atom. The average Bonchev–Trinajstić information content (AvgIpc) is 2.71. The standard InChI is InChI=1S/C17H26O3/c1-16(2)8-7-9-17(16,3)12-10-14(19-5)15(20-6)11-13(12)18-4/h10-11H,7-9H2,1-6H3/t17-/m0/s1. The van der Waals surface area contributed by atoms with Gasteiger partial charge >= 0.3 is 0 Å².